The highest BCUT2D eigenvalue weighted by molar-refractivity contribution is 6.03. The third-order valence-corrected chi connectivity index (χ3v) is 2.91. The number of hydrogen-bond acceptors (Lipinski definition) is 5. The van der Waals surface area contributed by atoms with Gasteiger partial charge in [-0.05, 0) is 24.3 Å². The molecule has 2 rings (SSSR count). The smallest absolute Gasteiger partial charge is 0.349 e. The van der Waals surface area contributed by atoms with Gasteiger partial charge in [0.2, 0.25) is 0 Å². The van der Waals surface area contributed by atoms with Crippen molar-refractivity contribution in [3.05, 3.63) is 59.7 Å². The number of carbonyl (C=O) groups excluding carboxylic acids is 2. The van der Waals surface area contributed by atoms with E-state index in [2.05, 4.69) is 5.92 Å². The first-order valence-corrected chi connectivity index (χ1v) is 6.71. The zero-order valence-electron chi connectivity index (χ0n) is 12.4. The molecule has 2 aromatic rings. The van der Waals surface area contributed by atoms with Crippen molar-refractivity contribution < 1.29 is 23.8 Å². The summed E-state index contributed by atoms with van der Waals surface area (Å²) in [5, 5.41) is 0. The topological polar surface area (TPSA) is 61.8 Å². The predicted molar refractivity (Wildman–Crippen MR) is 83.5 cm³/mol. The van der Waals surface area contributed by atoms with Crippen molar-refractivity contribution in [2.45, 2.75) is 0 Å². The second-order valence-corrected chi connectivity index (χ2v) is 4.40. The molecule has 0 N–H and O–H groups in total. The van der Waals surface area contributed by atoms with E-state index in [1.807, 2.05) is 0 Å². The summed E-state index contributed by atoms with van der Waals surface area (Å²) in [7, 11) is 1.40. The molecule has 5 nitrogen and oxygen atoms in total. The van der Waals surface area contributed by atoms with E-state index in [9.17, 15) is 9.59 Å². The predicted octanol–water partition coefficient (Wildman–Crippen LogP) is 2.70. The molecule has 0 amide bonds. The maximum absolute atomic E-state index is 12.1. The van der Waals surface area contributed by atoms with Gasteiger partial charge in [0.1, 0.15) is 23.7 Å². The Bertz CT molecular complexity index is 744. The number of benzene rings is 2. The highest BCUT2D eigenvalue weighted by Gasteiger charge is 2.19. The molecule has 116 valence electrons. The van der Waals surface area contributed by atoms with Gasteiger partial charge in [-0.3, -0.25) is 0 Å². The van der Waals surface area contributed by atoms with Crippen LogP contribution in [0.2, 0.25) is 0 Å². The van der Waals surface area contributed by atoms with Gasteiger partial charge in [0.05, 0.1) is 12.7 Å². The second-order valence-electron chi connectivity index (χ2n) is 4.40. The van der Waals surface area contributed by atoms with Gasteiger partial charge in [0, 0.05) is 6.07 Å². The van der Waals surface area contributed by atoms with Crippen LogP contribution >= 0.6 is 0 Å². The molecule has 0 spiro atoms. The summed E-state index contributed by atoms with van der Waals surface area (Å²) in [5.74, 6) is 1.48. The van der Waals surface area contributed by atoms with Crippen LogP contribution in [0, 0.1) is 12.3 Å². The van der Waals surface area contributed by atoms with Crippen LogP contribution in [0.3, 0.4) is 0 Å². The Morgan fingerprint density at radius 3 is 2.48 bits per heavy atom. The van der Waals surface area contributed by atoms with E-state index in [1.165, 1.54) is 19.2 Å². The quantitative estimate of drug-likeness (QED) is 0.483. The fourth-order valence-electron chi connectivity index (χ4n) is 1.83. The molecule has 23 heavy (non-hydrogen) atoms. The largest absolute Gasteiger partial charge is 0.496 e. The minimum Gasteiger partial charge on any atom is -0.496 e. The second kappa shape index (κ2) is 7.66. The Balaban J connectivity index is 2.16. The molecule has 0 aromatic heterocycles. The lowest BCUT2D eigenvalue weighted by atomic mass is 10.2. The first-order valence-electron chi connectivity index (χ1n) is 6.71. The Morgan fingerprint density at radius 2 is 1.83 bits per heavy atom. The molecule has 0 aliphatic carbocycles. The summed E-state index contributed by atoms with van der Waals surface area (Å²) in [5.41, 5.74) is 0.402. The monoisotopic (exact) mass is 310 g/mol. The third-order valence-electron chi connectivity index (χ3n) is 2.91. The van der Waals surface area contributed by atoms with Crippen LogP contribution in [0.4, 0.5) is 0 Å². The van der Waals surface area contributed by atoms with Crippen LogP contribution < -0.4 is 9.47 Å². The molecular weight excluding hydrogens is 296 g/mol. The summed E-state index contributed by atoms with van der Waals surface area (Å²) in [6.07, 6.45) is 5.12. The molecular formula is C18H14O5. The zero-order chi connectivity index (χ0) is 16.7. The van der Waals surface area contributed by atoms with Crippen molar-refractivity contribution in [3.63, 3.8) is 0 Å². The summed E-state index contributed by atoms with van der Waals surface area (Å²) in [6, 6.07) is 12.7. The average Bonchev–Trinajstić information content (AvgIpc) is 2.60. The van der Waals surface area contributed by atoms with E-state index >= 15 is 0 Å². The van der Waals surface area contributed by atoms with E-state index in [4.69, 9.17) is 20.6 Å². The summed E-state index contributed by atoms with van der Waals surface area (Å²) >= 11 is 0. The normalized spacial score (nSPS) is 9.57. The molecule has 0 aliphatic heterocycles. The summed E-state index contributed by atoms with van der Waals surface area (Å²) < 4.78 is 15.2. The molecule has 0 aliphatic rings. The molecule has 5 heteroatoms. The number of hydrogen-bond donors (Lipinski definition) is 0. The highest BCUT2D eigenvalue weighted by atomic mass is 16.6. The number of esters is 2. The third kappa shape index (κ3) is 4.11. The lowest BCUT2D eigenvalue weighted by molar-refractivity contribution is 0.0396. The first-order chi connectivity index (χ1) is 11.2. The van der Waals surface area contributed by atoms with Crippen LogP contribution in [-0.4, -0.2) is 25.7 Å². The zero-order valence-corrected chi connectivity index (χ0v) is 12.4. The minimum absolute atomic E-state index is 0.0967. The van der Waals surface area contributed by atoms with E-state index in [1.54, 1.807) is 36.4 Å². The maximum atomic E-state index is 12.1. The van der Waals surface area contributed by atoms with Crippen LogP contribution in [0.5, 0.6) is 11.5 Å². The summed E-state index contributed by atoms with van der Waals surface area (Å²) in [6.45, 7) is 0.0967. The van der Waals surface area contributed by atoms with Gasteiger partial charge in [-0.15, -0.1) is 6.42 Å². The van der Waals surface area contributed by atoms with Gasteiger partial charge < -0.3 is 14.2 Å². The van der Waals surface area contributed by atoms with E-state index in [0.717, 1.165) is 0 Å². The standard InChI is InChI=1S/C18H14O5/c1-3-11-22-14-9-10-15(16(12-14)21-2)18(20)23-17(19)13-7-5-4-6-8-13/h1,4-10,12H,11H2,2H3. The van der Waals surface area contributed by atoms with Crippen LogP contribution in [0.1, 0.15) is 20.7 Å². The number of rotatable bonds is 5. The van der Waals surface area contributed by atoms with Crippen molar-refractivity contribution in [1.82, 2.24) is 0 Å². The molecule has 0 bridgehead atoms. The van der Waals surface area contributed by atoms with Crippen molar-refractivity contribution >= 4 is 11.9 Å². The number of ether oxygens (including phenoxy) is 3. The lowest BCUT2D eigenvalue weighted by Crippen LogP contribution is -2.13. The molecule has 2 aromatic carbocycles. The van der Waals surface area contributed by atoms with E-state index in [-0.39, 0.29) is 23.5 Å². The molecule has 0 saturated heterocycles. The van der Waals surface area contributed by atoms with Crippen LogP contribution in [0.25, 0.3) is 0 Å². The van der Waals surface area contributed by atoms with Gasteiger partial charge in [0.15, 0.2) is 0 Å². The van der Waals surface area contributed by atoms with Gasteiger partial charge >= 0.3 is 11.9 Å². The van der Waals surface area contributed by atoms with Crippen LogP contribution in [0.15, 0.2) is 48.5 Å². The molecule has 0 atom stereocenters. The fourth-order valence-corrected chi connectivity index (χ4v) is 1.83. The lowest BCUT2D eigenvalue weighted by Gasteiger charge is -2.10. The fraction of sp³-hybridized carbons (Fsp3) is 0.111. The van der Waals surface area contributed by atoms with Crippen molar-refractivity contribution in [2.24, 2.45) is 0 Å². The number of methoxy groups -OCH3 is 1. The van der Waals surface area contributed by atoms with Gasteiger partial charge in [0.25, 0.3) is 0 Å². The van der Waals surface area contributed by atoms with Crippen molar-refractivity contribution in [2.75, 3.05) is 13.7 Å². The summed E-state index contributed by atoms with van der Waals surface area (Å²) in [4.78, 5) is 24.0. The van der Waals surface area contributed by atoms with Crippen molar-refractivity contribution in [1.29, 1.82) is 0 Å². The average molecular weight is 310 g/mol. The number of carbonyl (C=O) groups is 2. The molecule has 0 radical (unpaired) electrons. The van der Waals surface area contributed by atoms with Gasteiger partial charge in [-0.2, -0.15) is 0 Å². The van der Waals surface area contributed by atoms with E-state index in [0.29, 0.717) is 5.75 Å². The Kier molecular flexibility index (Phi) is 5.37. The first kappa shape index (κ1) is 16.1. The highest BCUT2D eigenvalue weighted by Crippen LogP contribution is 2.25. The SMILES string of the molecule is C#CCOc1ccc(C(=O)OC(=O)c2ccccc2)c(OC)c1. The van der Waals surface area contributed by atoms with Crippen molar-refractivity contribution in [3.8, 4) is 23.8 Å². The maximum Gasteiger partial charge on any atom is 0.349 e. The molecule has 0 heterocycles. The minimum atomic E-state index is -0.806. The Morgan fingerprint density at radius 1 is 1.09 bits per heavy atom. The van der Waals surface area contributed by atoms with Gasteiger partial charge in [-0.1, -0.05) is 24.1 Å². The number of terminal acetylenes is 1. The van der Waals surface area contributed by atoms with Gasteiger partial charge in [-0.25, -0.2) is 9.59 Å². The Labute approximate surface area is 133 Å². The Hall–Kier alpha value is -3.26. The molecule has 0 saturated carbocycles. The molecule has 0 fully saturated rings. The van der Waals surface area contributed by atoms with E-state index < -0.39 is 11.9 Å². The van der Waals surface area contributed by atoms with Crippen LogP contribution in [-0.2, 0) is 4.74 Å². The molecule has 0 unspecified atom stereocenters.